The van der Waals surface area contributed by atoms with Crippen molar-refractivity contribution in [2.45, 2.75) is 45.2 Å². The fourth-order valence-electron chi connectivity index (χ4n) is 3.37. The van der Waals surface area contributed by atoms with E-state index in [0.717, 1.165) is 22.6 Å². The third kappa shape index (κ3) is 4.52. The highest BCUT2D eigenvalue weighted by Gasteiger charge is 2.45. The van der Waals surface area contributed by atoms with Gasteiger partial charge in [-0.15, -0.1) is 0 Å². The van der Waals surface area contributed by atoms with Crippen LogP contribution in [-0.2, 0) is 16.1 Å². The molecule has 0 fully saturated rings. The summed E-state index contributed by atoms with van der Waals surface area (Å²) in [4.78, 5) is 0. The summed E-state index contributed by atoms with van der Waals surface area (Å²) in [5, 5.41) is 3.20. The number of allylic oxidation sites excluding steroid dienone is 1. The van der Waals surface area contributed by atoms with E-state index in [4.69, 9.17) is 14.2 Å². The fourth-order valence-corrected chi connectivity index (χ4v) is 3.37. The van der Waals surface area contributed by atoms with Crippen molar-refractivity contribution in [1.82, 2.24) is 0 Å². The van der Waals surface area contributed by atoms with Gasteiger partial charge in [0, 0.05) is 18.3 Å². The Balaban J connectivity index is 1.93. The average molecular weight is 367 g/mol. The quantitative estimate of drug-likeness (QED) is 0.690. The van der Waals surface area contributed by atoms with Gasteiger partial charge in [-0.3, -0.25) is 0 Å². The Morgan fingerprint density at radius 1 is 1.11 bits per heavy atom. The number of anilines is 1. The van der Waals surface area contributed by atoms with Crippen molar-refractivity contribution in [2.24, 2.45) is 0 Å². The van der Waals surface area contributed by atoms with Crippen LogP contribution < -0.4 is 10.1 Å². The summed E-state index contributed by atoms with van der Waals surface area (Å²) in [6, 6.07) is 16.3. The van der Waals surface area contributed by atoms with Crippen LogP contribution in [0.15, 0.2) is 60.7 Å². The van der Waals surface area contributed by atoms with Crippen LogP contribution in [0.1, 0.15) is 38.0 Å². The molecule has 0 amide bonds. The molecule has 0 radical (unpaired) electrons. The molecular weight excluding hydrogens is 338 g/mol. The van der Waals surface area contributed by atoms with Gasteiger partial charge in [0.15, 0.2) is 0 Å². The summed E-state index contributed by atoms with van der Waals surface area (Å²) in [7, 11) is 1.91. The molecular formula is C23H29NO3. The average Bonchev–Trinajstić information content (AvgIpc) is 2.67. The van der Waals surface area contributed by atoms with E-state index in [-0.39, 0.29) is 12.2 Å². The van der Waals surface area contributed by atoms with Gasteiger partial charge in [0.05, 0.1) is 13.2 Å². The van der Waals surface area contributed by atoms with Crippen LogP contribution in [0.3, 0.4) is 0 Å². The third-order valence-electron chi connectivity index (χ3n) is 4.82. The second kappa shape index (κ2) is 8.59. The smallest absolute Gasteiger partial charge is 0.132 e. The van der Waals surface area contributed by atoms with Crippen LogP contribution in [-0.4, -0.2) is 25.4 Å². The van der Waals surface area contributed by atoms with Crippen molar-refractivity contribution < 1.29 is 14.2 Å². The van der Waals surface area contributed by atoms with Crippen molar-refractivity contribution >= 4 is 5.69 Å². The Hall–Kier alpha value is -2.30. The first kappa shape index (κ1) is 19.5. The summed E-state index contributed by atoms with van der Waals surface area (Å²) >= 11 is 0. The largest absolute Gasteiger partial charge is 0.485 e. The molecule has 2 atom stereocenters. The van der Waals surface area contributed by atoms with E-state index in [2.05, 4.69) is 37.4 Å². The number of fused-ring (bicyclic) bond motifs is 1. The molecule has 1 heterocycles. The summed E-state index contributed by atoms with van der Waals surface area (Å²) in [6.07, 6.45) is 3.55. The molecule has 0 saturated carbocycles. The lowest BCUT2D eigenvalue weighted by Crippen LogP contribution is -2.51. The first-order valence-corrected chi connectivity index (χ1v) is 9.44. The lowest BCUT2D eigenvalue weighted by Gasteiger charge is -2.44. The molecule has 4 nitrogen and oxygen atoms in total. The summed E-state index contributed by atoms with van der Waals surface area (Å²) < 4.78 is 18.9. The minimum Gasteiger partial charge on any atom is -0.485 e. The molecule has 1 aliphatic heterocycles. The number of ether oxygens (including phenoxy) is 3. The molecule has 144 valence electrons. The van der Waals surface area contributed by atoms with Crippen molar-refractivity contribution in [2.75, 3.05) is 19.0 Å². The van der Waals surface area contributed by atoms with Gasteiger partial charge < -0.3 is 19.5 Å². The molecule has 27 heavy (non-hydrogen) atoms. The van der Waals surface area contributed by atoms with E-state index in [1.54, 1.807) is 0 Å². The second-order valence-electron chi connectivity index (χ2n) is 7.25. The Morgan fingerprint density at radius 2 is 1.89 bits per heavy atom. The van der Waals surface area contributed by atoms with E-state index in [1.807, 2.05) is 56.5 Å². The van der Waals surface area contributed by atoms with Gasteiger partial charge in [-0.1, -0.05) is 42.5 Å². The number of hydrogen-bond donors (Lipinski definition) is 1. The van der Waals surface area contributed by atoms with Gasteiger partial charge in [-0.25, -0.2) is 0 Å². The van der Waals surface area contributed by atoms with Crippen molar-refractivity contribution in [1.29, 1.82) is 0 Å². The Bertz CT molecular complexity index is 770. The van der Waals surface area contributed by atoms with Crippen molar-refractivity contribution in [3.8, 4) is 5.75 Å². The Morgan fingerprint density at radius 3 is 2.59 bits per heavy atom. The van der Waals surface area contributed by atoms with Gasteiger partial charge in [0.25, 0.3) is 0 Å². The third-order valence-corrected chi connectivity index (χ3v) is 4.82. The first-order chi connectivity index (χ1) is 13.0. The van der Waals surface area contributed by atoms with Gasteiger partial charge in [0.2, 0.25) is 0 Å². The first-order valence-electron chi connectivity index (χ1n) is 9.44. The zero-order valence-corrected chi connectivity index (χ0v) is 16.6. The number of benzene rings is 2. The highest BCUT2D eigenvalue weighted by molar-refractivity contribution is 5.53. The lowest BCUT2D eigenvalue weighted by atomic mass is 9.87. The number of hydrogen-bond acceptors (Lipinski definition) is 4. The number of rotatable bonds is 7. The van der Waals surface area contributed by atoms with Crippen molar-refractivity contribution in [3.63, 3.8) is 0 Å². The minimum atomic E-state index is -0.503. The predicted octanol–water partition coefficient (Wildman–Crippen LogP) is 5.12. The maximum Gasteiger partial charge on any atom is 0.132 e. The predicted molar refractivity (Wildman–Crippen MR) is 109 cm³/mol. The maximum atomic E-state index is 6.42. The minimum absolute atomic E-state index is 0.220. The molecule has 0 aliphatic carbocycles. The van der Waals surface area contributed by atoms with Crippen LogP contribution in [0.5, 0.6) is 5.75 Å². The molecule has 2 aromatic carbocycles. The van der Waals surface area contributed by atoms with Gasteiger partial charge in [-0.05, 0) is 44.5 Å². The molecule has 2 unspecified atom stereocenters. The standard InChI is InChI=1S/C23H29NO3/c1-5-6-14-25-22-21(26-16-17-10-8-7-9-11-17)19-15-18(24-4)12-13-20(19)27-23(22,2)3/h5-13,15,21-22,24H,14,16H2,1-4H3/b6-5+. The van der Waals surface area contributed by atoms with Gasteiger partial charge in [-0.2, -0.15) is 0 Å². The topological polar surface area (TPSA) is 39.7 Å². The van der Waals surface area contributed by atoms with E-state index in [9.17, 15) is 0 Å². The second-order valence-corrected chi connectivity index (χ2v) is 7.25. The number of nitrogens with one attached hydrogen (secondary N) is 1. The van der Waals surface area contributed by atoms with E-state index < -0.39 is 5.60 Å². The van der Waals surface area contributed by atoms with Gasteiger partial charge >= 0.3 is 0 Å². The summed E-state index contributed by atoms with van der Waals surface area (Å²) in [5.41, 5.74) is 2.68. The summed E-state index contributed by atoms with van der Waals surface area (Å²) in [6.45, 7) is 7.15. The SMILES string of the molecule is C/C=C/COC1C(OCc2ccccc2)c2cc(NC)ccc2OC1(C)C. The molecule has 0 aromatic heterocycles. The van der Waals surface area contributed by atoms with Crippen LogP contribution >= 0.6 is 0 Å². The lowest BCUT2D eigenvalue weighted by molar-refractivity contribution is -0.161. The molecule has 1 N–H and O–H groups in total. The highest BCUT2D eigenvalue weighted by atomic mass is 16.6. The molecule has 3 rings (SSSR count). The summed E-state index contributed by atoms with van der Waals surface area (Å²) in [5.74, 6) is 0.850. The van der Waals surface area contributed by atoms with Crippen LogP contribution in [0.4, 0.5) is 5.69 Å². The maximum absolute atomic E-state index is 6.42. The molecule has 0 saturated heterocycles. The van der Waals surface area contributed by atoms with E-state index in [0.29, 0.717) is 13.2 Å². The van der Waals surface area contributed by atoms with Crippen LogP contribution in [0.2, 0.25) is 0 Å². The highest BCUT2D eigenvalue weighted by Crippen LogP contribution is 2.44. The molecule has 0 spiro atoms. The normalized spacial score (nSPS) is 20.9. The molecule has 1 aliphatic rings. The molecule has 4 heteroatoms. The zero-order chi connectivity index (χ0) is 19.3. The van der Waals surface area contributed by atoms with E-state index >= 15 is 0 Å². The van der Waals surface area contributed by atoms with E-state index in [1.165, 1.54) is 0 Å². The van der Waals surface area contributed by atoms with Crippen LogP contribution in [0.25, 0.3) is 0 Å². The van der Waals surface area contributed by atoms with Gasteiger partial charge in [0.1, 0.15) is 23.6 Å². The fraction of sp³-hybridized carbons (Fsp3) is 0.391. The van der Waals surface area contributed by atoms with Crippen molar-refractivity contribution in [3.05, 3.63) is 71.8 Å². The van der Waals surface area contributed by atoms with Crippen LogP contribution in [0, 0.1) is 0 Å². The Kier molecular flexibility index (Phi) is 6.19. The molecule has 0 bridgehead atoms. The molecule has 2 aromatic rings. The monoisotopic (exact) mass is 367 g/mol. The Labute approximate surface area is 162 Å². The zero-order valence-electron chi connectivity index (χ0n) is 16.6.